The lowest BCUT2D eigenvalue weighted by atomic mass is 10.0. The highest BCUT2D eigenvalue weighted by atomic mass is 35.5. The second-order valence-corrected chi connectivity index (χ2v) is 7.95. The fourth-order valence-electron chi connectivity index (χ4n) is 3.34. The largest absolute Gasteiger partial charge is 0.331 e. The summed E-state index contributed by atoms with van der Waals surface area (Å²) in [5, 5.41) is 4.11. The van der Waals surface area contributed by atoms with Gasteiger partial charge in [-0.1, -0.05) is 41.4 Å². The molecule has 9 heteroatoms. The van der Waals surface area contributed by atoms with E-state index in [1.807, 2.05) is 30.3 Å². The predicted molar refractivity (Wildman–Crippen MR) is 111 cm³/mol. The van der Waals surface area contributed by atoms with Crippen molar-refractivity contribution in [2.45, 2.75) is 31.9 Å². The smallest absolute Gasteiger partial charge is 0.283 e. The average Bonchev–Trinajstić information content (AvgIpc) is 3.52. The van der Waals surface area contributed by atoms with E-state index in [1.165, 1.54) is 7.05 Å². The number of nitrogens with zero attached hydrogens (tertiary/aromatic N) is 4. The first-order valence-corrected chi connectivity index (χ1v) is 10.1. The maximum absolute atomic E-state index is 13.4. The number of halogens is 4. The summed E-state index contributed by atoms with van der Waals surface area (Å²) >= 11 is 12.6. The Balaban J connectivity index is 1.63. The fourth-order valence-corrected chi connectivity index (χ4v) is 3.80. The van der Waals surface area contributed by atoms with Gasteiger partial charge in [0.1, 0.15) is 16.4 Å². The monoisotopic (exact) mass is 450 g/mol. The van der Waals surface area contributed by atoms with Crippen molar-refractivity contribution in [2.75, 3.05) is 0 Å². The summed E-state index contributed by atoms with van der Waals surface area (Å²) in [6.07, 6.45) is 2.14. The fraction of sp³-hybridized carbons (Fsp3) is 0.286. The Morgan fingerprint density at radius 3 is 2.63 bits per heavy atom. The summed E-state index contributed by atoms with van der Waals surface area (Å²) in [5.41, 5.74) is 1.70. The molecule has 0 unspecified atom stereocenters. The molecule has 2 heterocycles. The van der Waals surface area contributed by atoms with E-state index in [-0.39, 0.29) is 23.3 Å². The predicted octanol–water partition coefficient (Wildman–Crippen LogP) is 5.53. The minimum absolute atomic E-state index is 0.0339. The molecule has 1 aliphatic rings. The zero-order valence-electron chi connectivity index (χ0n) is 16.0. The molecular formula is C21H18Cl2F2N4O. The van der Waals surface area contributed by atoms with E-state index in [2.05, 4.69) is 10.1 Å². The van der Waals surface area contributed by atoms with Crippen molar-refractivity contribution in [3.05, 3.63) is 69.7 Å². The number of alkyl halides is 2. The van der Waals surface area contributed by atoms with Crippen LogP contribution in [0.1, 0.15) is 40.9 Å². The topological polar surface area (TPSA) is 51.0 Å². The van der Waals surface area contributed by atoms with Gasteiger partial charge in [-0.15, -0.1) is 0 Å². The van der Waals surface area contributed by atoms with Crippen molar-refractivity contribution in [3.8, 4) is 11.1 Å². The molecule has 1 amide bonds. The minimum atomic E-state index is -2.90. The van der Waals surface area contributed by atoms with E-state index in [0.717, 1.165) is 34.2 Å². The van der Waals surface area contributed by atoms with Crippen LogP contribution >= 0.6 is 23.2 Å². The van der Waals surface area contributed by atoms with Crippen molar-refractivity contribution in [2.24, 2.45) is 7.05 Å². The summed E-state index contributed by atoms with van der Waals surface area (Å²) < 4.78 is 27.9. The lowest BCUT2D eigenvalue weighted by molar-refractivity contribution is 0.0718. The summed E-state index contributed by atoms with van der Waals surface area (Å²) in [6, 6.07) is 9.28. The first-order chi connectivity index (χ1) is 14.4. The Labute approximate surface area is 182 Å². The second kappa shape index (κ2) is 8.32. The van der Waals surface area contributed by atoms with E-state index in [4.69, 9.17) is 23.2 Å². The van der Waals surface area contributed by atoms with Gasteiger partial charge in [-0.05, 0) is 36.1 Å². The number of benzene rings is 1. The van der Waals surface area contributed by atoms with Gasteiger partial charge in [-0.3, -0.25) is 14.5 Å². The zero-order valence-corrected chi connectivity index (χ0v) is 17.5. The third-order valence-electron chi connectivity index (χ3n) is 5.06. The van der Waals surface area contributed by atoms with Crippen molar-refractivity contribution < 1.29 is 13.6 Å². The Morgan fingerprint density at radius 2 is 2.03 bits per heavy atom. The van der Waals surface area contributed by atoms with Crippen LogP contribution in [-0.4, -0.2) is 31.6 Å². The molecule has 1 aromatic carbocycles. The molecule has 5 nitrogen and oxygen atoms in total. The van der Waals surface area contributed by atoms with Crippen LogP contribution in [0.15, 0.2) is 42.7 Å². The summed E-state index contributed by atoms with van der Waals surface area (Å²) in [5.74, 6) is -0.557. The molecule has 0 aliphatic heterocycles. The van der Waals surface area contributed by atoms with Gasteiger partial charge in [0.25, 0.3) is 12.3 Å². The Hall–Kier alpha value is -2.51. The number of rotatable bonds is 6. The van der Waals surface area contributed by atoms with Crippen LogP contribution in [0.25, 0.3) is 11.1 Å². The van der Waals surface area contributed by atoms with Crippen LogP contribution in [-0.2, 0) is 13.6 Å². The molecule has 0 spiro atoms. The Kier molecular flexibility index (Phi) is 5.75. The zero-order chi connectivity index (χ0) is 21.4. The molecule has 4 rings (SSSR count). The molecule has 2 aromatic heterocycles. The van der Waals surface area contributed by atoms with Gasteiger partial charge in [0.2, 0.25) is 0 Å². The summed E-state index contributed by atoms with van der Waals surface area (Å²) in [4.78, 5) is 18.9. The molecule has 3 aromatic rings. The van der Waals surface area contributed by atoms with Gasteiger partial charge >= 0.3 is 0 Å². The second-order valence-electron chi connectivity index (χ2n) is 7.19. The van der Waals surface area contributed by atoms with E-state index in [1.54, 1.807) is 17.3 Å². The number of carbonyl (C=O) groups is 1. The van der Waals surface area contributed by atoms with Crippen LogP contribution in [0.3, 0.4) is 0 Å². The van der Waals surface area contributed by atoms with Gasteiger partial charge < -0.3 is 4.90 Å². The van der Waals surface area contributed by atoms with Crippen molar-refractivity contribution in [1.29, 1.82) is 0 Å². The van der Waals surface area contributed by atoms with Gasteiger partial charge in [0, 0.05) is 42.6 Å². The van der Waals surface area contributed by atoms with Gasteiger partial charge in [0.05, 0.1) is 0 Å². The highest BCUT2D eigenvalue weighted by Gasteiger charge is 2.37. The average molecular weight is 451 g/mol. The lowest BCUT2D eigenvalue weighted by Crippen LogP contribution is -2.33. The van der Waals surface area contributed by atoms with Crippen LogP contribution in [0, 0.1) is 0 Å². The third kappa shape index (κ3) is 4.04. The van der Waals surface area contributed by atoms with E-state index in [9.17, 15) is 13.6 Å². The minimum Gasteiger partial charge on any atom is -0.331 e. The number of pyridine rings is 1. The summed E-state index contributed by atoms with van der Waals surface area (Å²) in [6.45, 7) is 0.198. The maximum atomic E-state index is 13.4. The van der Waals surface area contributed by atoms with Crippen LogP contribution in [0.5, 0.6) is 0 Å². The quantitative estimate of drug-likeness (QED) is 0.495. The highest BCUT2D eigenvalue weighted by Crippen LogP contribution is 2.35. The molecular weight excluding hydrogens is 433 g/mol. The molecule has 0 saturated heterocycles. The maximum Gasteiger partial charge on any atom is 0.283 e. The van der Waals surface area contributed by atoms with Crippen LogP contribution < -0.4 is 0 Å². The molecule has 1 fully saturated rings. The van der Waals surface area contributed by atoms with Crippen LogP contribution in [0.4, 0.5) is 8.78 Å². The lowest BCUT2D eigenvalue weighted by Gasteiger charge is -2.23. The number of carbonyl (C=O) groups excluding carboxylic acids is 1. The van der Waals surface area contributed by atoms with Crippen LogP contribution in [0.2, 0.25) is 10.2 Å². The SMILES string of the molecule is Cn1nc(C(F)F)c(C(=O)N(Cc2ccc(-c3cccnc3)cc2Cl)C2CC2)c1Cl. The normalized spacial score (nSPS) is 13.7. The third-order valence-corrected chi connectivity index (χ3v) is 5.85. The van der Waals surface area contributed by atoms with Gasteiger partial charge in [-0.25, -0.2) is 8.78 Å². The van der Waals surface area contributed by atoms with E-state index < -0.39 is 18.0 Å². The number of amides is 1. The number of aromatic nitrogens is 3. The molecule has 156 valence electrons. The number of aryl methyl sites for hydroxylation is 1. The van der Waals surface area contributed by atoms with Gasteiger partial charge in [-0.2, -0.15) is 5.10 Å². The number of hydrogen-bond donors (Lipinski definition) is 0. The van der Waals surface area contributed by atoms with Crippen molar-refractivity contribution in [1.82, 2.24) is 19.7 Å². The molecule has 0 bridgehead atoms. The van der Waals surface area contributed by atoms with E-state index in [0.29, 0.717) is 5.02 Å². The summed E-state index contributed by atoms with van der Waals surface area (Å²) in [7, 11) is 1.43. The van der Waals surface area contributed by atoms with Gasteiger partial charge in [0.15, 0.2) is 0 Å². The molecule has 0 radical (unpaired) electrons. The highest BCUT2D eigenvalue weighted by molar-refractivity contribution is 6.33. The molecule has 30 heavy (non-hydrogen) atoms. The molecule has 0 N–H and O–H groups in total. The first-order valence-electron chi connectivity index (χ1n) is 9.37. The molecule has 1 saturated carbocycles. The van der Waals surface area contributed by atoms with Crippen molar-refractivity contribution in [3.63, 3.8) is 0 Å². The number of hydrogen-bond acceptors (Lipinski definition) is 3. The Morgan fingerprint density at radius 1 is 1.27 bits per heavy atom. The molecule has 0 atom stereocenters. The Bertz CT molecular complexity index is 1080. The first kappa shape index (κ1) is 20.8. The van der Waals surface area contributed by atoms with Crippen molar-refractivity contribution >= 4 is 29.1 Å². The standard InChI is InChI=1S/C21H18Cl2F2N4O/c1-28-19(23)17(18(27-28)20(24)25)21(30)29(15-6-7-15)11-14-5-4-12(9-16(14)22)13-3-2-8-26-10-13/h2-5,8-10,15,20H,6-7,11H2,1H3. The molecule has 1 aliphatic carbocycles. The van der Waals surface area contributed by atoms with E-state index >= 15 is 0 Å².